The normalized spacial score (nSPS) is 19.8. The van der Waals surface area contributed by atoms with Gasteiger partial charge >= 0.3 is 6.18 Å². The molecule has 4 nitrogen and oxygen atoms in total. The number of carbonyl (C=O) groups excluding carboxylic acids is 2. The molecule has 1 N–H and O–H groups in total. The minimum atomic E-state index is -4.45. The first-order chi connectivity index (χ1) is 10.7. The highest BCUT2D eigenvalue weighted by atomic mass is 79.9. The van der Waals surface area contributed by atoms with E-state index in [4.69, 9.17) is 0 Å². The first kappa shape index (κ1) is 17.8. The summed E-state index contributed by atoms with van der Waals surface area (Å²) in [6, 6.07) is 7.06. The number of hydrogen-bond acceptors (Lipinski definition) is 2. The van der Waals surface area contributed by atoms with Crippen LogP contribution in [0.2, 0.25) is 0 Å². The van der Waals surface area contributed by atoms with Gasteiger partial charge in [0, 0.05) is 17.4 Å². The van der Waals surface area contributed by atoms with Crippen molar-refractivity contribution in [2.24, 2.45) is 5.92 Å². The molecule has 0 spiro atoms. The number of halogens is 4. The molecule has 0 aromatic heterocycles. The lowest BCUT2D eigenvalue weighted by Crippen LogP contribution is -2.37. The third kappa shape index (κ3) is 4.95. The highest BCUT2D eigenvalue weighted by Gasteiger charge is 2.40. The Morgan fingerprint density at radius 3 is 2.57 bits per heavy atom. The van der Waals surface area contributed by atoms with E-state index in [1.165, 1.54) is 0 Å². The van der Waals surface area contributed by atoms with Crippen LogP contribution in [-0.4, -0.2) is 36.0 Å². The molecule has 126 valence electrons. The lowest BCUT2D eigenvalue weighted by Gasteiger charge is -2.19. The third-order valence-electron chi connectivity index (χ3n) is 3.68. The molecule has 1 aliphatic rings. The summed E-state index contributed by atoms with van der Waals surface area (Å²) in [6.07, 6.45) is -4.64. The smallest absolute Gasteiger partial charge is 0.349 e. The molecule has 1 aliphatic heterocycles. The van der Waals surface area contributed by atoms with E-state index in [0.29, 0.717) is 4.90 Å². The maximum Gasteiger partial charge on any atom is 0.406 e. The molecule has 0 radical (unpaired) electrons. The zero-order valence-electron chi connectivity index (χ0n) is 12.4. The SMILES string of the molecule is C[C@@H](NC(=O)[C@H]1CC(=O)N(CC(F)(F)F)C1)c1ccc(Br)cc1. The van der Waals surface area contributed by atoms with Crippen LogP contribution in [0.25, 0.3) is 0 Å². The molecule has 8 heteroatoms. The van der Waals surface area contributed by atoms with E-state index < -0.39 is 30.5 Å². The molecular weight excluding hydrogens is 377 g/mol. The van der Waals surface area contributed by atoms with Crippen LogP contribution in [-0.2, 0) is 9.59 Å². The van der Waals surface area contributed by atoms with E-state index >= 15 is 0 Å². The van der Waals surface area contributed by atoms with Crippen LogP contribution >= 0.6 is 15.9 Å². The summed E-state index contributed by atoms with van der Waals surface area (Å²) in [7, 11) is 0. The number of nitrogens with zero attached hydrogens (tertiary/aromatic N) is 1. The van der Waals surface area contributed by atoms with E-state index in [-0.39, 0.29) is 19.0 Å². The van der Waals surface area contributed by atoms with Crippen molar-refractivity contribution in [3.05, 3.63) is 34.3 Å². The number of hydrogen-bond donors (Lipinski definition) is 1. The number of amides is 2. The zero-order chi connectivity index (χ0) is 17.2. The van der Waals surface area contributed by atoms with Gasteiger partial charge in [-0.05, 0) is 24.6 Å². The van der Waals surface area contributed by atoms with Crippen molar-refractivity contribution in [1.82, 2.24) is 10.2 Å². The Kier molecular flexibility index (Phi) is 5.33. The van der Waals surface area contributed by atoms with Crippen LogP contribution < -0.4 is 5.32 Å². The van der Waals surface area contributed by atoms with Gasteiger partial charge in [-0.15, -0.1) is 0 Å². The average Bonchev–Trinajstić information content (AvgIpc) is 2.79. The average molecular weight is 393 g/mol. The number of likely N-dealkylation sites (tertiary alicyclic amines) is 1. The second kappa shape index (κ2) is 6.90. The summed E-state index contributed by atoms with van der Waals surface area (Å²) in [5, 5.41) is 2.75. The van der Waals surface area contributed by atoms with Gasteiger partial charge < -0.3 is 10.2 Å². The molecule has 1 aromatic rings. The molecule has 0 unspecified atom stereocenters. The summed E-state index contributed by atoms with van der Waals surface area (Å²) in [5.74, 6) is -1.79. The van der Waals surface area contributed by atoms with Crippen molar-refractivity contribution < 1.29 is 22.8 Å². The first-order valence-electron chi connectivity index (χ1n) is 7.06. The van der Waals surface area contributed by atoms with Crippen molar-refractivity contribution >= 4 is 27.7 Å². The van der Waals surface area contributed by atoms with Gasteiger partial charge in [-0.1, -0.05) is 28.1 Å². The predicted octanol–water partition coefficient (Wildman–Crippen LogP) is 3.04. The number of carbonyl (C=O) groups is 2. The number of rotatable bonds is 4. The van der Waals surface area contributed by atoms with Crippen molar-refractivity contribution in [1.29, 1.82) is 0 Å². The zero-order valence-corrected chi connectivity index (χ0v) is 13.9. The molecule has 2 rings (SSSR count). The number of benzene rings is 1. The maximum absolute atomic E-state index is 12.4. The second-order valence-corrected chi connectivity index (χ2v) is 6.49. The van der Waals surface area contributed by atoms with Crippen LogP contribution in [0.4, 0.5) is 13.2 Å². The van der Waals surface area contributed by atoms with Gasteiger partial charge in [-0.2, -0.15) is 13.2 Å². The summed E-state index contributed by atoms with van der Waals surface area (Å²) < 4.78 is 38.0. The van der Waals surface area contributed by atoms with Crippen molar-refractivity contribution in [3.63, 3.8) is 0 Å². The molecule has 1 saturated heterocycles. The minimum absolute atomic E-state index is 0.186. The standard InChI is InChI=1S/C15H16BrF3N2O2/c1-9(10-2-4-12(16)5-3-10)20-14(23)11-6-13(22)21(7-11)8-15(17,18)19/h2-5,9,11H,6-8H2,1H3,(H,20,23)/t9-,11+/m1/s1. The van der Waals surface area contributed by atoms with Crippen LogP contribution in [0, 0.1) is 5.92 Å². The van der Waals surface area contributed by atoms with Gasteiger partial charge in [0.1, 0.15) is 6.54 Å². The fourth-order valence-electron chi connectivity index (χ4n) is 2.48. The lowest BCUT2D eigenvalue weighted by molar-refractivity contribution is -0.157. The van der Waals surface area contributed by atoms with Crippen LogP contribution in [0.5, 0.6) is 0 Å². The minimum Gasteiger partial charge on any atom is -0.349 e. The highest BCUT2D eigenvalue weighted by molar-refractivity contribution is 9.10. The largest absolute Gasteiger partial charge is 0.406 e. The Morgan fingerprint density at radius 1 is 1.39 bits per heavy atom. The topological polar surface area (TPSA) is 49.4 Å². The van der Waals surface area contributed by atoms with Gasteiger partial charge in [0.2, 0.25) is 11.8 Å². The molecule has 0 aliphatic carbocycles. The molecule has 0 bridgehead atoms. The summed E-state index contributed by atoms with van der Waals surface area (Å²) in [4.78, 5) is 24.5. The Balaban J connectivity index is 1.93. The van der Waals surface area contributed by atoms with Crippen LogP contribution in [0.1, 0.15) is 24.9 Å². The summed E-state index contributed by atoms with van der Waals surface area (Å²) in [5.41, 5.74) is 0.873. The Labute approximate surface area is 140 Å². The molecule has 2 amide bonds. The Morgan fingerprint density at radius 2 is 2.00 bits per heavy atom. The first-order valence-corrected chi connectivity index (χ1v) is 7.85. The lowest BCUT2D eigenvalue weighted by atomic mass is 10.1. The quantitative estimate of drug-likeness (QED) is 0.855. The molecule has 1 heterocycles. The third-order valence-corrected chi connectivity index (χ3v) is 4.21. The maximum atomic E-state index is 12.4. The summed E-state index contributed by atoms with van der Waals surface area (Å²) in [6.45, 7) is 0.278. The predicted molar refractivity (Wildman–Crippen MR) is 81.4 cm³/mol. The Bertz CT molecular complexity index is 589. The highest BCUT2D eigenvalue weighted by Crippen LogP contribution is 2.25. The van der Waals surface area contributed by atoms with Gasteiger partial charge in [0.25, 0.3) is 0 Å². The van der Waals surface area contributed by atoms with E-state index in [0.717, 1.165) is 10.0 Å². The van der Waals surface area contributed by atoms with Gasteiger partial charge in [-0.3, -0.25) is 9.59 Å². The van der Waals surface area contributed by atoms with Crippen LogP contribution in [0.3, 0.4) is 0 Å². The molecule has 0 saturated carbocycles. The molecule has 1 aromatic carbocycles. The van der Waals surface area contributed by atoms with E-state index in [9.17, 15) is 22.8 Å². The molecule has 2 atom stereocenters. The second-order valence-electron chi connectivity index (χ2n) is 5.57. The fourth-order valence-corrected chi connectivity index (χ4v) is 2.75. The number of alkyl halides is 3. The van der Waals surface area contributed by atoms with Gasteiger partial charge in [-0.25, -0.2) is 0 Å². The van der Waals surface area contributed by atoms with Crippen LogP contribution in [0.15, 0.2) is 28.7 Å². The summed E-state index contributed by atoms with van der Waals surface area (Å²) >= 11 is 3.31. The van der Waals surface area contributed by atoms with Crippen molar-refractivity contribution in [2.45, 2.75) is 25.6 Å². The fraction of sp³-hybridized carbons (Fsp3) is 0.467. The Hall–Kier alpha value is -1.57. The monoisotopic (exact) mass is 392 g/mol. The molecule has 23 heavy (non-hydrogen) atoms. The van der Waals surface area contributed by atoms with E-state index in [2.05, 4.69) is 21.2 Å². The van der Waals surface area contributed by atoms with E-state index in [1.807, 2.05) is 24.3 Å². The van der Waals surface area contributed by atoms with E-state index in [1.54, 1.807) is 6.92 Å². The van der Waals surface area contributed by atoms with Crippen molar-refractivity contribution in [3.8, 4) is 0 Å². The molecular formula is C15H16BrF3N2O2. The van der Waals surface area contributed by atoms with Gasteiger partial charge in [0.15, 0.2) is 0 Å². The number of nitrogens with one attached hydrogen (secondary N) is 1. The van der Waals surface area contributed by atoms with Crippen molar-refractivity contribution in [2.75, 3.05) is 13.1 Å². The molecule has 1 fully saturated rings. The van der Waals surface area contributed by atoms with Gasteiger partial charge in [0.05, 0.1) is 12.0 Å².